The second-order valence-electron chi connectivity index (χ2n) is 5.56. The first-order chi connectivity index (χ1) is 10.0. The lowest BCUT2D eigenvalue weighted by molar-refractivity contribution is -0.139. The lowest BCUT2D eigenvalue weighted by atomic mass is 9.79. The molecule has 5 nitrogen and oxygen atoms in total. The zero-order valence-corrected chi connectivity index (χ0v) is 11.8. The summed E-state index contributed by atoms with van der Waals surface area (Å²) in [5, 5.41) is 20.9. The summed E-state index contributed by atoms with van der Waals surface area (Å²) in [4.78, 5) is 23.5. The number of benzene rings is 1. The normalized spacial score (nSPS) is 16.7. The van der Waals surface area contributed by atoms with Crippen LogP contribution in [0.5, 0.6) is 0 Å². The van der Waals surface area contributed by atoms with E-state index >= 15 is 0 Å². The molecule has 1 amide bonds. The molecule has 2 rings (SSSR count). The lowest BCUT2D eigenvalue weighted by Crippen LogP contribution is -2.51. The smallest absolute Gasteiger partial charge is 0.305 e. The molecule has 0 heterocycles. The Kier molecular flexibility index (Phi) is 4.59. The zero-order chi connectivity index (χ0) is 15.3. The number of aliphatic carboxylic acids is 1. The molecule has 0 radical (unpaired) electrons. The van der Waals surface area contributed by atoms with E-state index in [2.05, 4.69) is 5.32 Å². The average molecular weight is 286 g/mol. The van der Waals surface area contributed by atoms with Gasteiger partial charge in [0.25, 0.3) is 5.91 Å². The van der Waals surface area contributed by atoms with Crippen LogP contribution in [0.15, 0.2) is 24.3 Å². The van der Waals surface area contributed by atoms with Crippen molar-refractivity contribution in [1.82, 2.24) is 5.32 Å². The Labute approximate surface area is 123 Å². The standard InChI is InChI=1S/C16H18N2O3/c17-11-12-5-4-6-13(9-12)15(21)18-16(10-14(19)20)7-2-1-3-8-16/h4-6,9H,1-3,7-8,10H2,(H,18,21)(H,19,20). The molecule has 0 aromatic heterocycles. The number of hydrogen-bond donors (Lipinski definition) is 2. The van der Waals surface area contributed by atoms with E-state index in [1.165, 1.54) is 6.07 Å². The van der Waals surface area contributed by atoms with Crippen molar-refractivity contribution in [2.24, 2.45) is 0 Å². The van der Waals surface area contributed by atoms with Crippen molar-refractivity contribution in [2.45, 2.75) is 44.1 Å². The maximum Gasteiger partial charge on any atom is 0.305 e. The Morgan fingerprint density at radius 2 is 2.00 bits per heavy atom. The van der Waals surface area contributed by atoms with Crippen LogP contribution in [0.2, 0.25) is 0 Å². The Balaban J connectivity index is 2.17. The number of amides is 1. The molecule has 1 aromatic carbocycles. The minimum atomic E-state index is -0.900. The molecule has 1 aliphatic rings. The predicted octanol–water partition coefficient (Wildman–Crippen LogP) is 2.47. The largest absolute Gasteiger partial charge is 0.481 e. The van der Waals surface area contributed by atoms with Crippen LogP contribution in [-0.4, -0.2) is 22.5 Å². The van der Waals surface area contributed by atoms with E-state index in [4.69, 9.17) is 10.4 Å². The first-order valence-corrected chi connectivity index (χ1v) is 7.09. The van der Waals surface area contributed by atoms with Gasteiger partial charge in [-0.3, -0.25) is 9.59 Å². The van der Waals surface area contributed by atoms with Gasteiger partial charge in [0.2, 0.25) is 0 Å². The molecule has 0 saturated heterocycles. The highest BCUT2D eigenvalue weighted by Crippen LogP contribution is 2.31. The highest BCUT2D eigenvalue weighted by atomic mass is 16.4. The van der Waals surface area contributed by atoms with E-state index in [9.17, 15) is 9.59 Å². The quantitative estimate of drug-likeness (QED) is 0.889. The summed E-state index contributed by atoms with van der Waals surface area (Å²) >= 11 is 0. The molecule has 110 valence electrons. The third-order valence-electron chi connectivity index (χ3n) is 3.93. The van der Waals surface area contributed by atoms with E-state index in [1.807, 2.05) is 6.07 Å². The highest BCUT2D eigenvalue weighted by Gasteiger charge is 2.36. The Bertz CT molecular complexity index is 583. The maximum absolute atomic E-state index is 12.4. The molecule has 1 fully saturated rings. The lowest BCUT2D eigenvalue weighted by Gasteiger charge is -2.37. The minimum Gasteiger partial charge on any atom is -0.481 e. The number of nitriles is 1. The first-order valence-electron chi connectivity index (χ1n) is 7.09. The molecule has 0 aliphatic heterocycles. The van der Waals surface area contributed by atoms with Gasteiger partial charge in [-0.25, -0.2) is 0 Å². The van der Waals surface area contributed by atoms with Gasteiger partial charge in [0, 0.05) is 5.56 Å². The van der Waals surface area contributed by atoms with Crippen molar-refractivity contribution in [2.75, 3.05) is 0 Å². The molecule has 5 heteroatoms. The summed E-state index contributed by atoms with van der Waals surface area (Å²) in [5.74, 6) is -1.21. The fourth-order valence-corrected chi connectivity index (χ4v) is 2.91. The number of nitrogens with zero attached hydrogens (tertiary/aromatic N) is 1. The molecule has 0 bridgehead atoms. The summed E-state index contributed by atoms with van der Waals surface area (Å²) < 4.78 is 0. The number of carbonyl (C=O) groups excluding carboxylic acids is 1. The summed E-state index contributed by atoms with van der Waals surface area (Å²) in [7, 11) is 0. The van der Waals surface area contributed by atoms with E-state index in [1.54, 1.807) is 18.2 Å². The monoisotopic (exact) mass is 286 g/mol. The van der Waals surface area contributed by atoms with Gasteiger partial charge in [0.1, 0.15) is 0 Å². The molecule has 0 unspecified atom stereocenters. The van der Waals surface area contributed by atoms with Crippen molar-refractivity contribution in [1.29, 1.82) is 5.26 Å². The first kappa shape index (κ1) is 15.0. The fourth-order valence-electron chi connectivity index (χ4n) is 2.91. The van der Waals surface area contributed by atoms with Gasteiger partial charge in [0.05, 0.1) is 23.6 Å². The Morgan fingerprint density at radius 1 is 1.29 bits per heavy atom. The van der Waals surface area contributed by atoms with Gasteiger partial charge >= 0.3 is 5.97 Å². The number of carboxylic acid groups (broad SMARTS) is 1. The molecule has 1 aliphatic carbocycles. The third-order valence-corrected chi connectivity index (χ3v) is 3.93. The van der Waals surface area contributed by atoms with Crippen molar-refractivity contribution < 1.29 is 14.7 Å². The average Bonchev–Trinajstić information content (AvgIpc) is 2.47. The number of nitrogens with one attached hydrogen (secondary N) is 1. The molecule has 1 saturated carbocycles. The second kappa shape index (κ2) is 6.40. The van der Waals surface area contributed by atoms with Crippen LogP contribution in [0.1, 0.15) is 54.4 Å². The van der Waals surface area contributed by atoms with Crippen LogP contribution in [0.3, 0.4) is 0 Å². The van der Waals surface area contributed by atoms with Gasteiger partial charge in [0.15, 0.2) is 0 Å². The van der Waals surface area contributed by atoms with Crippen molar-refractivity contribution in [3.63, 3.8) is 0 Å². The number of hydrogen-bond acceptors (Lipinski definition) is 3. The SMILES string of the molecule is N#Cc1cccc(C(=O)NC2(CC(=O)O)CCCCC2)c1. The summed E-state index contributed by atoms with van der Waals surface area (Å²) in [5.41, 5.74) is 0.145. The van der Waals surface area contributed by atoms with Crippen molar-refractivity contribution in [3.8, 4) is 6.07 Å². The van der Waals surface area contributed by atoms with Crippen LogP contribution < -0.4 is 5.32 Å². The predicted molar refractivity (Wildman–Crippen MR) is 76.7 cm³/mol. The Morgan fingerprint density at radius 3 is 2.62 bits per heavy atom. The third kappa shape index (κ3) is 3.82. The second-order valence-corrected chi connectivity index (χ2v) is 5.56. The van der Waals surface area contributed by atoms with Crippen LogP contribution in [0.4, 0.5) is 0 Å². The molecule has 21 heavy (non-hydrogen) atoms. The van der Waals surface area contributed by atoms with Crippen molar-refractivity contribution >= 4 is 11.9 Å². The van der Waals surface area contributed by atoms with Crippen LogP contribution in [-0.2, 0) is 4.79 Å². The Hall–Kier alpha value is -2.35. The molecule has 2 N–H and O–H groups in total. The fraction of sp³-hybridized carbons (Fsp3) is 0.438. The highest BCUT2D eigenvalue weighted by molar-refractivity contribution is 5.95. The number of carboxylic acids is 1. The van der Waals surface area contributed by atoms with Crippen LogP contribution in [0, 0.1) is 11.3 Å². The van der Waals surface area contributed by atoms with E-state index in [-0.39, 0.29) is 12.3 Å². The van der Waals surface area contributed by atoms with Crippen LogP contribution in [0.25, 0.3) is 0 Å². The van der Waals surface area contributed by atoms with Gasteiger partial charge in [-0.1, -0.05) is 25.3 Å². The maximum atomic E-state index is 12.4. The minimum absolute atomic E-state index is 0.0588. The van der Waals surface area contributed by atoms with E-state index in [0.29, 0.717) is 24.0 Å². The zero-order valence-electron chi connectivity index (χ0n) is 11.8. The van der Waals surface area contributed by atoms with Gasteiger partial charge < -0.3 is 10.4 Å². The van der Waals surface area contributed by atoms with Crippen LogP contribution >= 0.6 is 0 Å². The summed E-state index contributed by atoms with van der Waals surface area (Å²) in [6, 6.07) is 8.43. The summed E-state index contributed by atoms with van der Waals surface area (Å²) in [6.45, 7) is 0. The number of rotatable bonds is 4. The van der Waals surface area contributed by atoms with E-state index < -0.39 is 11.5 Å². The summed E-state index contributed by atoms with van der Waals surface area (Å²) in [6.07, 6.45) is 4.22. The molecule has 0 spiro atoms. The van der Waals surface area contributed by atoms with Gasteiger partial charge in [-0.15, -0.1) is 0 Å². The molecular weight excluding hydrogens is 268 g/mol. The molecule has 1 aromatic rings. The number of carbonyl (C=O) groups is 2. The van der Waals surface area contributed by atoms with Crippen molar-refractivity contribution in [3.05, 3.63) is 35.4 Å². The molecule has 0 atom stereocenters. The van der Waals surface area contributed by atoms with E-state index in [0.717, 1.165) is 19.3 Å². The topological polar surface area (TPSA) is 90.2 Å². The van der Waals surface area contributed by atoms with Gasteiger partial charge in [-0.05, 0) is 31.0 Å². The van der Waals surface area contributed by atoms with Gasteiger partial charge in [-0.2, -0.15) is 5.26 Å². The molecular formula is C16H18N2O3.